The fourth-order valence-electron chi connectivity index (χ4n) is 3.35. The Hall–Kier alpha value is -1.92. The first-order chi connectivity index (χ1) is 10.1. The van der Waals surface area contributed by atoms with Gasteiger partial charge in [-0.1, -0.05) is 20.8 Å². The zero-order valence-corrected chi connectivity index (χ0v) is 13.1. The predicted octanol–water partition coefficient (Wildman–Crippen LogP) is 3.19. The van der Waals surface area contributed by atoms with Crippen LogP contribution in [0.1, 0.15) is 32.8 Å². The minimum atomic E-state index is -1.33. The van der Waals surface area contributed by atoms with E-state index in [1.807, 2.05) is 0 Å². The van der Waals surface area contributed by atoms with Crippen molar-refractivity contribution in [1.29, 1.82) is 0 Å². The molecular formula is C15H20F2N2O3. The summed E-state index contributed by atoms with van der Waals surface area (Å²) in [4.78, 5) is 16.6. The first-order valence-corrected chi connectivity index (χ1v) is 6.98. The van der Waals surface area contributed by atoms with Crippen LogP contribution in [-0.2, 0) is 5.54 Å². The molecule has 0 aromatic carbocycles. The smallest absolute Gasteiger partial charge is 0.408 e. The molecule has 0 saturated carbocycles. The number of aromatic nitrogens is 1. The van der Waals surface area contributed by atoms with E-state index < -0.39 is 29.0 Å². The molecule has 0 radical (unpaired) electrons. The van der Waals surface area contributed by atoms with E-state index >= 15 is 0 Å². The highest BCUT2D eigenvalue weighted by Crippen LogP contribution is 2.53. The molecule has 1 saturated heterocycles. The van der Waals surface area contributed by atoms with Crippen molar-refractivity contribution in [2.45, 2.75) is 38.9 Å². The number of hydrogen-bond donors (Lipinski definition) is 1. The van der Waals surface area contributed by atoms with Crippen molar-refractivity contribution in [3.05, 3.63) is 23.6 Å². The average molecular weight is 314 g/mol. The molecule has 1 fully saturated rings. The Labute approximate surface area is 127 Å². The first kappa shape index (κ1) is 16.5. The second kappa shape index (κ2) is 5.37. The Morgan fingerprint density at radius 3 is 2.68 bits per heavy atom. The highest BCUT2D eigenvalue weighted by atomic mass is 19.1. The van der Waals surface area contributed by atoms with Crippen LogP contribution >= 0.6 is 0 Å². The van der Waals surface area contributed by atoms with Crippen LogP contribution in [0.5, 0.6) is 5.88 Å². The summed E-state index contributed by atoms with van der Waals surface area (Å²) in [6.45, 7) is 5.13. The number of likely N-dealkylation sites (tertiary alicyclic amines) is 1. The molecule has 122 valence electrons. The third kappa shape index (κ3) is 2.38. The highest BCUT2D eigenvalue weighted by molar-refractivity contribution is 5.68. The molecule has 1 N–H and O–H groups in total. The Kier molecular flexibility index (Phi) is 4.02. The third-order valence-electron chi connectivity index (χ3n) is 4.29. The molecular weight excluding hydrogens is 294 g/mol. The molecule has 5 nitrogen and oxygen atoms in total. The molecule has 2 rings (SSSR count). The lowest BCUT2D eigenvalue weighted by Crippen LogP contribution is -2.53. The van der Waals surface area contributed by atoms with Crippen molar-refractivity contribution in [2.24, 2.45) is 5.41 Å². The normalized spacial score (nSPS) is 25.4. The van der Waals surface area contributed by atoms with Gasteiger partial charge < -0.3 is 9.84 Å². The summed E-state index contributed by atoms with van der Waals surface area (Å²) in [7, 11) is 1.37. The third-order valence-corrected chi connectivity index (χ3v) is 4.29. The number of halogens is 2. The number of ether oxygens (including phenoxy) is 1. The maximum absolute atomic E-state index is 14.1. The number of nitrogens with zero attached hydrogens (tertiary/aromatic N) is 2. The van der Waals surface area contributed by atoms with Crippen molar-refractivity contribution in [3.8, 4) is 5.88 Å². The molecule has 1 aliphatic rings. The Balaban J connectivity index is 2.76. The van der Waals surface area contributed by atoms with Gasteiger partial charge in [0, 0.05) is 12.0 Å². The van der Waals surface area contributed by atoms with E-state index in [0.29, 0.717) is 0 Å². The largest absolute Gasteiger partial charge is 0.481 e. The Bertz CT molecular complexity index is 589. The van der Waals surface area contributed by atoms with E-state index in [0.717, 1.165) is 11.1 Å². The van der Waals surface area contributed by atoms with Gasteiger partial charge in [0.25, 0.3) is 0 Å². The van der Waals surface area contributed by atoms with E-state index in [1.54, 1.807) is 20.8 Å². The lowest BCUT2D eigenvalue weighted by atomic mass is 9.67. The van der Waals surface area contributed by atoms with Gasteiger partial charge in [0.15, 0.2) is 0 Å². The van der Waals surface area contributed by atoms with Gasteiger partial charge in [-0.15, -0.1) is 0 Å². The SMILES string of the molecule is COc1ncc(F)cc1[C@]1(C(C)(C)C)C[C@H](F)CN1C(=O)O. The van der Waals surface area contributed by atoms with Crippen LogP contribution in [0.4, 0.5) is 13.6 Å². The fourth-order valence-corrected chi connectivity index (χ4v) is 3.35. The molecule has 0 unspecified atom stereocenters. The molecule has 2 heterocycles. The van der Waals surface area contributed by atoms with Crippen LogP contribution in [0.25, 0.3) is 0 Å². The quantitative estimate of drug-likeness (QED) is 0.910. The topological polar surface area (TPSA) is 62.7 Å². The van der Waals surface area contributed by atoms with E-state index in [9.17, 15) is 18.7 Å². The number of alkyl halides is 1. The van der Waals surface area contributed by atoms with Gasteiger partial charge >= 0.3 is 6.09 Å². The van der Waals surface area contributed by atoms with Gasteiger partial charge in [-0.25, -0.2) is 18.6 Å². The van der Waals surface area contributed by atoms with Crippen LogP contribution in [0.2, 0.25) is 0 Å². The second-order valence-corrected chi connectivity index (χ2v) is 6.52. The van der Waals surface area contributed by atoms with Gasteiger partial charge in [0.2, 0.25) is 5.88 Å². The first-order valence-electron chi connectivity index (χ1n) is 6.98. The van der Waals surface area contributed by atoms with E-state index in [4.69, 9.17) is 4.74 Å². The fraction of sp³-hybridized carbons (Fsp3) is 0.600. The number of pyridine rings is 1. The van der Waals surface area contributed by atoms with Gasteiger partial charge in [0.05, 0.1) is 25.4 Å². The van der Waals surface area contributed by atoms with Crippen LogP contribution in [0.3, 0.4) is 0 Å². The summed E-state index contributed by atoms with van der Waals surface area (Å²) in [6.07, 6.45) is -1.65. The van der Waals surface area contributed by atoms with Gasteiger partial charge in [-0.2, -0.15) is 0 Å². The zero-order chi connectivity index (χ0) is 16.7. The number of rotatable bonds is 2. The van der Waals surface area contributed by atoms with E-state index in [2.05, 4.69) is 4.98 Å². The number of methoxy groups -OCH3 is 1. The molecule has 2 atom stereocenters. The molecule has 1 aromatic rings. The van der Waals surface area contributed by atoms with Crippen LogP contribution in [0.15, 0.2) is 12.3 Å². The Morgan fingerprint density at radius 1 is 1.55 bits per heavy atom. The number of amides is 1. The molecule has 1 amide bonds. The predicted molar refractivity (Wildman–Crippen MR) is 76.1 cm³/mol. The summed E-state index contributed by atoms with van der Waals surface area (Å²) < 4.78 is 33.0. The monoisotopic (exact) mass is 314 g/mol. The van der Waals surface area contributed by atoms with Crippen molar-refractivity contribution in [2.75, 3.05) is 13.7 Å². The van der Waals surface area contributed by atoms with Gasteiger partial charge in [-0.3, -0.25) is 4.90 Å². The van der Waals surface area contributed by atoms with Crippen LogP contribution < -0.4 is 4.74 Å². The lowest BCUT2D eigenvalue weighted by molar-refractivity contribution is 0.0251. The molecule has 0 bridgehead atoms. The summed E-state index contributed by atoms with van der Waals surface area (Å²) in [6, 6.07) is 1.19. The zero-order valence-electron chi connectivity index (χ0n) is 13.1. The number of hydrogen-bond acceptors (Lipinski definition) is 3. The highest BCUT2D eigenvalue weighted by Gasteiger charge is 2.58. The van der Waals surface area contributed by atoms with Gasteiger partial charge in [-0.05, 0) is 11.5 Å². The summed E-state index contributed by atoms with van der Waals surface area (Å²) >= 11 is 0. The molecule has 22 heavy (non-hydrogen) atoms. The Morgan fingerprint density at radius 2 is 2.18 bits per heavy atom. The summed E-state index contributed by atoms with van der Waals surface area (Å²) in [5.74, 6) is -0.510. The molecule has 1 aromatic heterocycles. The summed E-state index contributed by atoms with van der Waals surface area (Å²) in [5.41, 5.74) is -1.68. The van der Waals surface area contributed by atoms with Crippen molar-refractivity contribution < 1.29 is 23.4 Å². The maximum Gasteiger partial charge on any atom is 0.408 e. The molecule has 0 spiro atoms. The van der Waals surface area contributed by atoms with Crippen molar-refractivity contribution in [3.63, 3.8) is 0 Å². The minimum absolute atomic E-state index is 0.0652. The minimum Gasteiger partial charge on any atom is -0.481 e. The standard InChI is InChI=1S/C15H20F2N2O3/c1-14(2,3)15(6-10(17)8-19(15)13(20)21)11-5-9(16)7-18-12(11)22-4/h5,7,10H,6,8H2,1-4H3,(H,20,21)/t10-,15-/m0/s1. The average Bonchev–Trinajstić information content (AvgIpc) is 2.77. The van der Waals surface area contributed by atoms with Crippen molar-refractivity contribution in [1.82, 2.24) is 9.88 Å². The molecule has 7 heteroatoms. The number of carboxylic acid groups (broad SMARTS) is 1. The molecule has 1 aliphatic heterocycles. The maximum atomic E-state index is 14.1. The number of carbonyl (C=O) groups is 1. The van der Waals surface area contributed by atoms with Crippen LogP contribution in [-0.4, -0.2) is 40.9 Å². The van der Waals surface area contributed by atoms with Crippen molar-refractivity contribution >= 4 is 6.09 Å². The lowest BCUT2D eigenvalue weighted by Gasteiger charge is -2.47. The molecule has 0 aliphatic carbocycles. The van der Waals surface area contributed by atoms with Gasteiger partial charge in [0.1, 0.15) is 12.0 Å². The van der Waals surface area contributed by atoms with E-state index in [-0.39, 0.29) is 24.4 Å². The van der Waals surface area contributed by atoms with Crippen LogP contribution in [0, 0.1) is 11.2 Å². The van der Waals surface area contributed by atoms with E-state index in [1.165, 1.54) is 13.2 Å². The second-order valence-electron chi connectivity index (χ2n) is 6.52. The summed E-state index contributed by atoms with van der Waals surface area (Å²) in [5, 5.41) is 9.53.